The Morgan fingerprint density at radius 3 is 2.33 bits per heavy atom. The van der Waals surface area contributed by atoms with Gasteiger partial charge in [-0.3, -0.25) is 0 Å². The Bertz CT molecular complexity index is 643. The number of benzene rings is 2. The number of rotatable bonds is 3. The molecule has 21 heavy (non-hydrogen) atoms. The summed E-state index contributed by atoms with van der Waals surface area (Å²) >= 11 is 11.9. The third-order valence-corrected chi connectivity index (χ3v) is 4.73. The van der Waals surface area contributed by atoms with Crippen LogP contribution in [0.3, 0.4) is 0 Å². The maximum absolute atomic E-state index is 9.57. The third kappa shape index (κ3) is 2.97. The summed E-state index contributed by atoms with van der Waals surface area (Å²) in [6, 6.07) is 12.4. The van der Waals surface area contributed by atoms with Crippen molar-refractivity contribution in [3.63, 3.8) is 0 Å². The number of aromatic hydroxyl groups is 1. The van der Waals surface area contributed by atoms with E-state index < -0.39 is 0 Å². The summed E-state index contributed by atoms with van der Waals surface area (Å²) in [5, 5.41) is 13.5. The highest BCUT2D eigenvalue weighted by Gasteiger charge is 2.31. The molecule has 0 atom stereocenters. The van der Waals surface area contributed by atoms with Crippen molar-refractivity contribution in [3.05, 3.63) is 57.6 Å². The summed E-state index contributed by atoms with van der Waals surface area (Å²) in [6.45, 7) is 2.16. The maximum Gasteiger partial charge on any atom is 0.152 e. The zero-order valence-electron chi connectivity index (χ0n) is 11.7. The maximum atomic E-state index is 9.57. The van der Waals surface area contributed by atoms with E-state index in [0.717, 1.165) is 18.5 Å². The lowest BCUT2D eigenvalue weighted by atomic mass is 9.74. The van der Waals surface area contributed by atoms with Gasteiger partial charge in [0.15, 0.2) is 5.75 Å². The first-order valence-corrected chi connectivity index (χ1v) is 7.80. The minimum absolute atomic E-state index is 0.0599. The largest absolute Gasteiger partial charge is 0.505 e. The van der Waals surface area contributed by atoms with E-state index in [0.29, 0.717) is 12.0 Å². The first-order chi connectivity index (χ1) is 10.0. The molecular formula is C17H17Cl2NO. The number of nitrogens with one attached hydrogen (secondary N) is 1. The topological polar surface area (TPSA) is 32.3 Å². The van der Waals surface area contributed by atoms with Crippen molar-refractivity contribution in [1.29, 1.82) is 0 Å². The van der Waals surface area contributed by atoms with Gasteiger partial charge < -0.3 is 10.4 Å². The van der Waals surface area contributed by atoms with Gasteiger partial charge in [-0.1, -0.05) is 47.5 Å². The lowest BCUT2D eigenvalue weighted by Crippen LogP contribution is -2.34. The Morgan fingerprint density at radius 1 is 1.10 bits per heavy atom. The van der Waals surface area contributed by atoms with Crippen molar-refractivity contribution in [2.24, 2.45) is 0 Å². The van der Waals surface area contributed by atoms with E-state index in [-0.39, 0.29) is 15.8 Å². The molecule has 1 fully saturated rings. The van der Waals surface area contributed by atoms with Crippen LogP contribution >= 0.6 is 23.2 Å². The highest BCUT2D eigenvalue weighted by atomic mass is 35.5. The molecule has 4 heteroatoms. The summed E-state index contributed by atoms with van der Waals surface area (Å²) in [6.07, 6.45) is 2.20. The molecule has 0 amide bonds. The molecule has 0 spiro atoms. The fourth-order valence-electron chi connectivity index (χ4n) is 2.92. The van der Waals surface area contributed by atoms with Crippen molar-refractivity contribution in [2.45, 2.75) is 31.7 Å². The number of anilines is 1. The Hall–Kier alpha value is -1.38. The highest BCUT2D eigenvalue weighted by molar-refractivity contribution is 6.37. The standard InChI is InChI=1S/C17H17Cl2NO/c1-10-4-2-3-5-14(10)11-6-12(7-11)20-13-8-15(18)17(21)16(19)9-13/h2-5,8-9,11-12,20-21H,6-7H2,1H3. The summed E-state index contributed by atoms with van der Waals surface area (Å²) < 4.78 is 0. The van der Waals surface area contributed by atoms with Gasteiger partial charge in [0, 0.05) is 11.7 Å². The molecule has 2 nitrogen and oxygen atoms in total. The normalized spacial score (nSPS) is 20.9. The summed E-state index contributed by atoms with van der Waals surface area (Å²) in [5.41, 5.74) is 3.66. The SMILES string of the molecule is Cc1ccccc1C1CC(Nc2cc(Cl)c(O)c(Cl)c2)C1. The molecule has 0 saturated heterocycles. The number of hydrogen-bond donors (Lipinski definition) is 2. The number of hydrogen-bond acceptors (Lipinski definition) is 2. The summed E-state index contributed by atoms with van der Waals surface area (Å²) in [5.74, 6) is 0.557. The van der Waals surface area contributed by atoms with Crippen LogP contribution in [0, 0.1) is 6.92 Å². The van der Waals surface area contributed by atoms with Crippen LogP contribution in [0.4, 0.5) is 5.69 Å². The molecule has 0 bridgehead atoms. The molecule has 1 saturated carbocycles. The molecular weight excluding hydrogens is 305 g/mol. The van der Waals surface area contributed by atoms with Gasteiger partial charge in [-0.05, 0) is 48.9 Å². The second-order valence-corrected chi connectivity index (χ2v) is 6.47. The van der Waals surface area contributed by atoms with Crippen LogP contribution in [-0.2, 0) is 0 Å². The van der Waals surface area contributed by atoms with Crippen LogP contribution in [0.5, 0.6) is 5.75 Å². The molecule has 2 aromatic carbocycles. The molecule has 0 radical (unpaired) electrons. The number of aryl methyl sites for hydroxylation is 1. The van der Waals surface area contributed by atoms with E-state index in [2.05, 4.69) is 36.5 Å². The molecule has 2 N–H and O–H groups in total. The van der Waals surface area contributed by atoms with Gasteiger partial charge in [-0.2, -0.15) is 0 Å². The van der Waals surface area contributed by atoms with Gasteiger partial charge in [0.1, 0.15) is 0 Å². The molecule has 3 rings (SSSR count). The molecule has 1 aliphatic rings. The van der Waals surface area contributed by atoms with E-state index in [9.17, 15) is 5.11 Å². The predicted octanol–water partition coefficient (Wildman–Crippen LogP) is 5.37. The van der Waals surface area contributed by atoms with E-state index >= 15 is 0 Å². The van der Waals surface area contributed by atoms with Crippen molar-refractivity contribution < 1.29 is 5.11 Å². The monoisotopic (exact) mass is 321 g/mol. The van der Waals surface area contributed by atoms with Crippen molar-refractivity contribution >= 4 is 28.9 Å². The number of phenolic OH excluding ortho intramolecular Hbond substituents is 1. The lowest BCUT2D eigenvalue weighted by Gasteiger charge is -2.37. The Morgan fingerprint density at radius 2 is 1.71 bits per heavy atom. The molecule has 0 unspecified atom stereocenters. The fourth-order valence-corrected chi connectivity index (χ4v) is 3.41. The molecule has 0 aromatic heterocycles. The molecule has 1 aliphatic carbocycles. The second-order valence-electron chi connectivity index (χ2n) is 5.65. The first kappa shape index (κ1) is 14.6. The van der Waals surface area contributed by atoms with Crippen LogP contribution < -0.4 is 5.32 Å². The van der Waals surface area contributed by atoms with Crippen LogP contribution in [0.1, 0.15) is 29.9 Å². The van der Waals surface area contributed by atoms with E-state index in [1.807, 2.05) is 0 Å². The van der Waals surface area contributed by atoms with Crippen LogP contribution in [0.25, 0.3) is 0 Å². The van der Waals surface area contributed by atoms with Gasteiger partial charge in [0.25, 0.3) is 0 Å². The van der Waals surface area contributed by atoms with Gasteiger partial charge in [0.05, 0.1) is 10.0 Å². The Labute approximate surface area is 134 Å². The van der Waals surface area contributed by atoms with Crippen LogP contribution in [0.15, 0.2) is 36.4 Å². The second kappa shape index (κ2) is 5.78. The highest BCUT2D eigenvalue weighted by Crippen LogP contribution is 2.41. The lowest BCUT2D eigenvalue weighted by molar-refractivity contribution is 0.373. The quantitative estimate of drug-likeness (QED) is 0.745. The zero-order chi connectivity index (χ0) is 15.0. The molecule has 110 valence electrons. The van der Waals surface area contributed by atoms with Crippen molar-refractivity contribution in [3.8, 4) is 5.75 Å². The minimum atomic E-state index is -0.0599. The average molecular weight is 322 g/mol. The van der Waals surface area contributed by atoms with Gasteiger partial charge in [-0.25, -0.2) is 0 Å². The Balaban J connectivity index is 1.64. The van der Waals surface area contributed by atoms with Gasteiger partial charge in [-0.15, -0.1) is 0 Å². The predicted molar refractivity (Wildman–Crippen MR) is 88.7 cm³/mol. The number of phenols is 1. The molecule has 0 heterocycles. The van der Waals surface area contributed by atoms with Crippen LogP contribution in [0.2, 0.25) is 10.0 Å². The number of halogens is 2. The summed E-state index contributed by atoms with van der Waals surface area (Å²) in [7, 11) is 0. The molecule has 2 aromatic rings. The van der Waals surface area contributed by atoms with Crippen LogP contribution in [-0.4, -0.2) is 11.1 Å². The smallest absolute Gasteiger partial charge is 0.152 e. The first-order valence-electron chi connectivity index (χ1n) is 7.04. The van der Waals surface area contributed by atoms with Gasteiger partial charge >= 0.3 is 0 Å². The van der Waals surface area contributed by atoms with Crippen molar-refractivity contribution in [1.82, 2.24) is 0 Å². The Kier molecular flexibility index (Phi) is 4.01. The third-order valence-electron chi connectivity index (χ3n) is 4.15. The zero-order valence-corrected chi connectivity index (χ0v) is 13.2. The van der Waals surface area contributed by atoms with Crippen molar-refractivity contribution in [2.75, 3.05) is 5.32 Å². The summed E-state index contributed by atoms with van der Waals surface area (Å²) in [4.78, 5) is 0. The fraction of sp³-hybridized carbons (Fsp3) is 0.294. The molecule has 0 aliphatic heterocycles. The van der Waals surface area contributed by atoms with E-state index in [4.69, 9.17) is 23.2 Å². The minimum Gasteiger partial charge on any atom is -0.505 e. The van der Waals surface area contributed by atoms with E-state index in [1.54, 1.807) is 12.1 Å². The van der Waals surface area contributed by atoms with E-state index in [1.165, 1.54) is 11.1 Å². The average Bonchev–Trinajstić information content (AvgIpc) is 2.41. The van der Waals surface area contributed by atoms with Gasteiger partial charge in [0.2, 0.25) is 0 Å².